The van der Waals surface area contributed by atoms with E-state index < -0.39 is 5.82 Å². The third-order valence-corrected chi connectivity index (χ3v) is 6.00. The fourth-order valence-corrected chi connectivity index (χ4v) is 4.42. The first-order valence-electron chi connectivity index (χ1n) is 10.9. The Morgan fingerprint density at radius 2 is 1.78 bits per heavy atom. The second kappa shape index (κ2) is 8.55. The van der Waals surface area contributed by atoms with E-state index in [2.05, 4.69) is 20.2 Å². The number of H-pyrrole nitrogens is 1. The maximum Gasteiger partial charge on any atom is 0.259 e. The maximum absolute atomic E-state index is 14.6. The van der Waals surface area contributed by atoms with Crippen LogP contribution in [0.15, 0.2) is 59.1 Å². The van der Waals surface area contributed by atoms with Gasteiger partial charge in [0.25, 0.3) is 5.56 Å². The van der Waals surface area contributed by atoms with Crippen LogP contribution in [0.5, 0.6) is 0 Å². The first-order valence-corrected chi connectivity index (χ1v) is 10.9. The molecule has 164 valence electrons. The number of carbonyl (C=O) groups excluding carboxylic acids is 1. The van der Waals surface area contributed by atoms with E-state index in [0.29, 0.717) is 29.0 Å². The Kier molecular flexibility index (Phi) is 5.45. The standard InChI is InChI=1S/C24H24FN5O2/c25-17-8-2-4-10-19(17)30-15-20(31)21(23(30)26-11-14-29-12-5-6-13-29)22-27-18-9-3-1-7-16(18)24(32)28-22/h1-4,7-10,26H,5-6,11-15H2,(H,27,28,32). The lowest BCUT2D eigenvalue weighted by atomic mass is 10.1. The minimum absolute atomic E-state index is 0.0289. The molecule has 32 heavy (non-hydrogen) atoms. The molecular weight excluding hydrogens is 409 g/mol. The second-order valence-corrected chi connectivity index (χ2v) is 8.09. The lowest BCUT2D eigenvalue weighted by molar-refractivity contribution is -0.112. The van der Waals surface area contributed by atoms with Crippen LogP contribution in [0.2, 0.25) is 0 Å². The van der Waals surface area contributed by atoms with Crippen molar-refractivity contribution in [2.75, 3.05) is 37.6 Å². The molecule has 8 heteroatoms. The first kappa shape index (κ1) is 20.4. The van der Waals surface area contributed by atoms with Crippen LogP contribution in [0.25, 0.3) is 16.5 Å². The molecule has 0 spiro atoms. The van der Waals surface area contributed by atoms with Gasteiger partial charge in [0.1, 0.15) is 23.0 Å². The van der Waals surface area contributed by atoms with Crippen LogP contribution in [0.4, 0.5) is 10.1 Å². The van der Waals surface area contributed by atoms with Crippen molar-refractivity contribution in [1.82, 2.24) is 20.2 Å². The zero-order chi connectivity index (χ0) is 22.1. The Balaban J connectivity index is 1.57. The number of Topliss-reactive ketones (excluding diaryl/α,β-unsaturated/α-hetero) is 1. The van der Waals surface area contributed by atoms with E-state index in [0.717, 1.165) is 19.6 Å². The molecule has 7 nitrogen and oxygen atoms in total. The number of likely N-dealkylation sites (tertiary alicyclic amines) is 1. The summed E-state index contributed by atoms with van der Waals surface area (Å²) in [5.41, 5.74) is 0.777. The number of nitrogens with one attached hydrogen (secondary N) is 2. The molecule has 3 aromatic rings. The number of para-hydroxylation sites is 2. The van der Waals surface area contributed by atoms with E-state index in [1.165, 1.54) is 18.9 Å². The Hall–Kier alpha value is -3.52. The highest BCUT2D eigenvalue weighted by molar-refractivity contribution is 6.26. The molecule has 0 unspecified atom stereocenters. The number of anilines is 1. The lowest BCUT2D eigenvalue weighted by Crippen LogP contribution is -2.35. The van der Waals surface area contributed by atoms with Gasteiger partial charge in [-0.2, -0.15) is 0 Å². The van der Waals surface area contributed by atoms with Gasteiger partial charge in [-0.3, -0.25) is 9.59 Å². The normalized spacial score (nSPS) is 17.0. The molecule has 2 aliphatic heterocycles. The van der Waals surface area contributed by atoms with Crippen LogP contribution in [-0.4, -0.2) is 53.4 Å². The maximum atomic E-state index is 14.6. The van der Waals surface area contributed by atoms with Gasteiger partial charge in [-0.05, 0) is 50.2 Å². The molecule has 0 saturated carbocycles. The monoisotopic (exact) mass is 433 g/mol. The highest BCUT2D eigenvalue weighted by atomic mass is 19.1. The number of nitrogens with zero attached hydrogens (tertiary/aromatic N) is 3. The molecule has 1 aromatic heterocycles. The average molecular weight is 433 g/mol. The van der Waals surface area contributed by atoms with Crippen molar-refractivity contribution in [2.45, 2.75) is 12.8 Å². The molecule has 0 amide bonds. The quantitative estimate of drug-likeness (QED) is 0.622. The van der Waals surface area contributed by atoms with Crippen molar-refractivity contribution in [3.8, 4) is 0 Å². The summed E-state index contributed by atoms with van der Waals surface area (Å²) < 4.78 is 14.6. The number of rotatable bonds is 6. The summed E-state index contributed by atoms with van der Waals surface area (Å²) in [5, 5.41) is 3.80. The van der Waals surface area contributed by atoms with E-state index in [-0.39, 0.29) is 29.3 Å². The van der Waals surface area contributed by atoms with Gasteiger partial charge in [0.05, 0.1) is 23.1 Å². The molecule has 0 aliphatic carbocycles. The number of hydrogen-bond acceptors (Lipinski definition) is 6. The number of benzene rings is 2. The molecule has 3 heterocycles. The minimum Gasteiger partial charge on any atom is -0.369 e. The SMILES string of the molecule is O=C1CN(c2ccccc2F)C(NCCN2CCCC2)=C1c1nc2ccccc2c(=O)[nH]1. The molecule has 0 atom stereocenters. The fraction of sp³-hybridized carbons (Fsp3) is 0.292. The van der Waals surface area contributed by atoms with Crippen molar-refractivity contribution < 1.29 is 9.18 Å². The number of fused-ring (bicyclic) bond motifs is 1. The average Bonchev–Trinajstić information content (AvgIpc) is 3.42. The molecule has 1 saturated heterocycles. The van der Waals surface area contributed by atoms with Crippen molar-refractivity contribution in [3.05, 3.63) is 76.3 Å². The number of aromatic nitrogens is 2. The van der Waals surface area contributed by atoms with Crippen LogP contribution in [0.1, 0.15) is 18.7 Å². The third-order valence-electron chi connectivity index (χ3n) is 6.00. The van der Waals surface area contributed by atoms with Crippen LogP contribution in [-0.2, 0) is 4.79 Å². The largest absolute Gasteiger partial charge is 0.369 e. The number of halogens is 1. The second-order valence-electron chi connectivity index (χ2n) is 8.09. The van der Waals surface area contributed by atoms with Gasteiger partial charge in [0.15, 0.2) is 5.78 Å². The van der Waals surface area contributed by atoms with E-state index in [9.17, 15) is 14.0 Å². The molecule has 2 aliphatic rings. The van der Waals surface area contributed by atoms with E-state index >= 15 is 0 Å². The molecule has 2 aromatic carbocycles. The third kappa shape index (κ3) is 3.78. The van der Waals surface area contributed by atoms with Gasteiger partial charge in [0, 0.05) is 13.1 Å². The van der Waals surface area contributed by atoms with E-state index in [1.54, 1.807) is 47.4 Å². The summed E-state index contributed by atoms with van der Waals surface area (Å²) in [7, 11) is 0. The van der Waals surface area contributed by atoms with Crippen molar-refractivity contribution in [1.29, 1.82) is 0 Å². The van der Waals surface area contributed by atoms with Crippen LogP contribution >= 0.6 is 0 Å². The lowest BCUT2D eigenvalue weighted by Gasteiger charge is -2.24. The number of hydrogen-bond donors (Lipinski definition) is 2. The Bertz CT molecular complexity index is 1260. The van der Waals surface area contributed by atoms with Gasteiger partial charge in [-0.1, -0.05) is 24.3 Å². The molecule has 0 bridgehead atoms. The summed E-state index contributed by atoms with van der Waals surface area (Å²) in [6.07, 6.45) is 2.38. The highest BCUT2D eigenvalue weighted by Crippen LogP contribution is 2.31. The Morgan fingerprint density at radius 1 is 1.03 bits per heavy atom. The predicted molar refractivity (Wildman–Crippen MR) is 122 cm³/mol. The molecule has 1 fully saturated rings. The Morgan fingerprint density at radius 3 is 2.59 bits per heavy atom. The molecule has 0 radical (unpaired) electrons. The zero-order valence-corrected chi connectivity index (χ0v) is 17.6. The Labute approximate surface area is 184 Å². The minimum atomic E-state index is -0.416. The summed E-state index contributed by atoms with van der Waals surface area (Å²) in [6.45, 7) is 3.50. The summed E-state index contributed by atoms with van der Waals surface area (Å²) in [6, 6.07) is 13.4. The topological polar surface area (TPSA) is 81.3 Å². The molecule has 5 rings (SSSR count). The zero-order valence-electron chi connectivity index (χ0n) is 17.6. The van der Waals surface area contributed by atoms with Gasteiger partial charge in [-0.25, -0.2) is 9.37 Å². The number of aromatic amines is 1. The van der Waals surface area contributed by atoms with Gasteiger partial charge < -0.3 is 20.1 Å². The number of ketones is 1. The molecule has 2 N–H and O–H groups in total. The van der Waals surface area contributed by atoms with Crippen molar-refractivity contribution in [3.63, 3.8) is 0 Å². The van der Waals surface area contributed by atoms with Crippen LogP contribution in [0.3, 0.4) is 0 Å². The van der Waals surface area contributed by atoms with Crippen molar-refractivity contribution in [2.24, 2.45) is 0 Å². The summed E-state index contributed by atoms with van der Waals surface area (Å²) >= 11 is 0. The van der Waals surface area contributed by atoms with Crippen LogP contribution in [0, 0.1) is 5.82 Å². The van der Waals surface area contributed by atoms with Gasteiger partial charge in [-0.15, -0.1) is 0 Å². The highest BCUT2D eigenvalue weighted by Gasteiger charge is 2.34. The molecular formula is C24H24FN5O2. The predicted octanol–water partition coefficient (Wildman–Crippen LogP) is 2.51. The summed E-state index contributed by atoms with van der Waals surface area (Å²) in [4.78, 5) is 37.0. The fourth-order valence-electron chi connectivity index (χ4n) is 4.42. The van der Waals surface area contributed by atoms with Gasteiger partial charge in [0.2, 0.25) is 0 Å². The van der Waals surface area contributed by atoms with Gasteiger partial charge >= 0.3 is 0 Å². The van der Waals surface area contributed by atoms with E-state index in [4.69, 9.17) is 0 Å². The first-order chi connectivity index (χ1) is 15.6. The smallest absolute Gasteiger partial charge is 0.259 e. The number of carbonyl (C=O) groups is 1. The van der Waals surface area contributed by atoms with Crippen LogP contribution < -0.4 is 15.8 Å². The van der Waals surface area contributed by atoms with E-state index in [1.807, 2.05) is 0 Å². The summed E-state index contributed by atoms with van der Waals surface area (Å²) in [5.74, 6) is 0.0228. The van der Waals surface area contributed by atoms with Crippen molar-refractivity contribution >= 4 is 27.9 Å².